The van der Waals surface area contributed by atoms with Crippen LogP contribution < -0.4 is 0 Å². The van der Waals surface area contributed by atoms with E-state index in [2.05, 4.69) is 20.8 Å². The van der Waals surface area contributed by atoms with Crippen molar-refractivity contribution in [1.82, 2.24) is 0 Å². The molecule has 0 N–H and O–H groups in total. The van der Waals surface area contributed by atoms with Crippen molar-refractivity contribution in [2.75, 3.05) is 0 Å². The molecule has 0 radical (unpaired) electrons. The molecule has 0 aliphatic heterocycles. The largest absolute Gasteiger partial charge is 0.0654 e. The maximum absolute atomic E-state index is 2.36. The van der Waals surface area contributed by atoms with Gasteiger partial charge in [-0.15, -0.1) is 0 Å². The van der Waals surface area contributed by atoms with Gasteiger partial charge in [0.1, 0.15) is 0 Å². The number of hydrogen-bond acceptors (Lipinski definition) is 0. The molecule has 0 aromatic heterocycles. The van der Waals surface area contributed by atoms with Crippen molar-refractivity contribution in [3.05, 3.63) is 0 Å². The predicted molar refractivity (Wildman–Crippen MR) is 177 cm³/mol. The Kier molecular flexibility index (Phi) is 35.0. The molecule has 38 heavy (non-hydrogen) atoms. The van der Waals surface area contributed by atoms with Crippen molar-refractivity contribution in [3.8, 4) is 0 Å². The molecule has 230 valence electrons. The average molecular weight is 535 g/mol. The van der Waals surface area contributed by atoms with Crippen molar-refractivity contribution >= 4 is 0 Å². The van der Waals surface area contributed by atoms with E-state index in [9.17, 15) is 0 Å². The maximum atomic E-state index is 2.36. The lowest BCUT2D eigenvalue weighted by Gasteiger charge is -2.17. The Hall–Kier alpha value is 0. The Morgan fingerprint density at radius 2 is 0.368 bits per heavy atom. The van der Waals surface area contributed by atoms with Crippen LogP contribution in [0, 0.1) is 5.92 Å². The Bertz CT molecular complexity index is 353. The quantitative estimate of drug-likeness (QED) is 0.0720. The molecule has 0 aliphatic rings. The summed E-state index contributed by atoms with van der Waals surface area (Å²) in [6.45, 7) is 6.98. The molecule has 0 fully saturated rings. The van der Waals surface area contributed by atoms with Gasteiger partial charge in [0.05, 0.1) is 0 Å². The summed E-state index contributed by atoms with van der Waals surface area (Å²) in [7, 11) is 0. The van der Waals surface area contributed by atoms with Crippen molar-refractivity contribution in [2.24, 2.45) is 5.92 Å². The summed E-state index contributed by atoms with van der Waals surface area (Å²) in [6, 6.07) is 0. The number of rotatable bonds is 34. The first-order chi connectivity index (χ1) is 18.8. The first-order valence-electron chi connectivity index (χ1n) is 18.8. The second-order valence-electron chi connectivity index (χ2n) is 13.1. The first kappa shape index (κ1) is 38.0. The zero-order valence-electron chi connectivity index (χ0n) is 27.6. The second-order valence-corrected chi connectivity index (χ2v) is 13.1. The summed E-state index contributed by atoms with van der Waals surface area (Å²) in [5.74, 6) is 1.04. The monoisotopic (exact) mass is 535 g/mol. The minimum Gasteiger partial charge on any atom is -0.0654 e. The Balaban J connectivity index is 3.55. The minimum absolute atomic E-state index is 1.04. The molecule has 0 heteroatoms. The summed E-state index contributed by atoms with van der Waals surface area (Å²) >= 11 is 0. The highest BCUT2D eigenvalue weighted by Crippen LogP contribution is 2.24. The molecule has 0 saturated heterocycles. The van der Waals surface area contributed by atoms with Gasteiger partial charge in [0.25, 0.3) is 0 Å². The van der Waals surface area contributed by atoms with Gasteiger partial charge in [0, 0.05) is 0 Å². The topological polar surface area (TPSA) is 0 Å². The minimum atomic E-state index is 1.04. The van der Waals surface area contributed by atoms with Crippen molar-refractivity contribution in [3.63, 3.8) is 0 Å². The molecule has 0 rings (SSSR count). The summed E-state index contributed by atoms with van der Waals surface area (Å²) in [6.07, 6.45) is 50.3. The lowest BCUT2D eigenvalue weighted by atomic mass is 9.89. The zero-order valence-corrected chi connectivity index (χ0v) is 27.6. The van der Waals surface area contributed by atoms with Gasteiger partial charge >= 0.3 is 0 Å². The fraction of sp³-hybridized carbons (Fsp3) is 1.00. The van der Waals surface area contributed by atoms with E-state index in [1.807, 2.05) is 0 Å². The van der Waals surface area contributed by atoms with Gasteiger partial charge in [-0.1, -0.05) is 239 Å². The molecule has 0 spiro atoms. The average Bonchev–Trinajstić information content (AvgIpc) is 2.93. The van der Waals surface area contributed by atoms with E-state index in [0.717, 1.165) is 5.92 Å². The lowest BCUT2D eigenvalue weighted by Crippen LogP contribution is -2.01. The van der Waals surface area contributed by atoms with Gasteiger partial charge in [-0.3, -0.25) is 0 Å². The Morgan fingerprint density at radius 1 is 0.211 bits per heavy atom. The highest BCUT2D eigenvalue weighted by Gasteiger charge is 2.08. The van der Waals surface area contributed by atoms with E-state index in [1.165, 1.54) is 218 Å². The van der Waals surface area contributed by atoms with Crippen LogP contribution in [0.1, 0.15) is 239 Å². The zero-order chi connectivity index (χ0) is 27.6. The van der Waals surface area contributed by atoms with Gasteiger partial charge in [0.2, 0.25) is 0 Å². The summed E-state index contributed by atoms with van der Waals surface area (Å²) < 4.78 is 0. The molecule has 0 unspecified atom stereocenters. The van der Waals surface area contributed by atoms with E-state index in [0.29, 0.717) is 0 Å². The SMILES string of the molecule is CCCCCCCCCCCCCCCCC(CCCCC)CCCCCCCCCCCCCCCC. The van der Waals surface area contributed by atoms with Crippen LogP contribution in [-0.4, -0.2) is 0 Å². The van der Waals surface area contributed by atoms with Crippen LogP contribution in [-0.2, 0) is 0 Å². The van der Waals surface area contributed by atoms with Gasteiger partial charge in [-0.05, 0) is 5.92 Å². The highest BCUT2D eigenvalue weighted by atomic mass is 14.1. The van der Waals surface area contributed by atoms with E-state index in [-0.39, 0.29) is 0 Å². The number of unbranched alkanes of at least 4 members (excludes halogenated alkanes) is 28. The molecule has 0 bridgehead atoms. The molecule has 0 nitrogen and oxygen atoms in total. The molecule has 0 aromatic rings. The molecular weight excluding hydrogens is 456 g/mol. The molecule has 0 heterocycles. The summed E-state index contributed by atoms with van der Waals surface area (Å²) in [5.41, 5.74) is 0. The van der Waals surface area contributed by atoms with E-state index >= 15 is 0 Å². The van der Waals surface area contributed by atoms with Crippen molar-refractivity contribution in [2.45, 2.75) is 239 Å². The predicted octanol–water partition coefficient (Wildman–Crippen LogP) is 14.9. The van der Waals surface area contributed by atoms with Crippen LogP contribution in [0.5, 0.6) is 0 Å². The molecule has 0 saturated carbocycles. The van der Waals surface area contributed by atoms with E-state index in [4.69, 9.17) is 0 Å². The highest BCUT2D eigenvalue weighted by molar-refractivity contribution is 4.62. The molecule has 0 amide bonds. The smallest absolute Gasteiger partial charge is 0.0414 e. The standard InChI is InChI=1S/C38H78/c1-4-7-10-12-14-16-18-20-22-24-26-28-30-33-36-38(35-32-9-6-3)37-34-31-29-27-25-23-21-19-17-15-13-11-8-5-2/h38H,4-37H2,1-3H3. The third-order valence-corrected chi connectivity index (χ3v) is 9.15. The summed E-state index contributed by atoms with van der Waals surface area (Å²) in [5, 5.41) is 0. The second kappa shape index (κ2) is 35.0. The number of hydrogen-bond donors (Lipinski definition) is 0. The van der Waals surface area contributed by atoms with E-state index in [1.54, 1.807) is 0 Å². The maximum Gasteiger partial charge on any atom is -0.0414 e. The lowest BCUT2D eigenvalue weighted by molar-refractivity contribution is 0.367. The van der Waals surface area contributed by atoms with Gasteiger partial charge < -0.3 is 0 Å². The molecule has 0 aliphatic carbocycles. The van der Waals surface area contributed by atoms with Crippen molar-refractivity contribution in [1.29, 1.82) is 0 Å². The molecule has 0 atom stereocenters. The normalized spacial score (nSPS) is 11.7. The van der Waals surface area contributed by atoms with Gasteiger partial charge in [-0.2, -0.15) is 0 Å². The van der Waals surface area contributed by atoms with Gasteiger partial charge in [0.15, 0.2) is 0 Å². The Labute approximate surface area is 244 Å². The van der Waals surface area contributed by atoms with Crippen LogP contribution in [0.2, 0.25) is 0 Å². The fourth-order valence-corrected chi connectivity index (χ4v) is 6.37. The first-order valence-corrected chi connectivity index (χ1v) is 18.8. The Morgan fingerprint density at radius 3 is 0.605 bits per heavy atom. The van der Waals surface area contributed by atoms with Crippen LogP contribution in [0.3, 0.4) is 0 Å². The third-order valence-electron chi connectivity index (χ3n) is 9.15. The summed E-state index contributed by atoms with van der Waals surface area (Å²) in [4.78, 5) is 0. The van der Waals surface area contributed by atoms with Crippen LogP contribution in [0.4, 0.5) is 0 Å². The van der Waals surface area contributed by atoms with Crippen LogP contribution in [0.15, 0.2) is 0 Å². The third kappa shape index (κ3) is 32.2. The van der Waals surface area contributed by atoms with Crippen LogP contribution >= 0.6 is 0 Å². The van der Waals surface area contributed by atoms with E-state index < -0.39 is 0 Å². The fourth-order valence-electron chi connectivity index (χ4n) is 6.37. The van der Waals surface area contributed by atoms with Crippen LogP contribution in [0.25, 0.3) is 0 Å². The molecular formula is C38H78. The molecule has 0 aromatic carbocycles. The van der Waals surface area contributed by atoms with Gasteiger partial charge in [-0.25, -0.2) is 0 Å². The van der Waals surface area contributed by atoms with Crippen molar-refractivity contribution < 1.29 is 0 Å².